The zero-order chi connectivity index (χ0) is 32.8. The number of fused-ring (bicyclic) bond motifs is 2. The molecule has 1 saturated heterocycles. The van der Waals surface area contributed by atoms with Gasteiger partial charge in [0.05, 0.1) is 47.8 Å². The maximum atomic E-state index is 12.9. The van der Waals surface area contributed by atoms with Crippen LogP contribution in [0.25, 0.3) is 6.08 Å². The van der Waals surface area contributed by atoms with Crippen molar-refractivity contribution in [2.45, 2.75) is 51.3 Å². The van der Waals surface area contributed by atoms with Crippen molar-refractivity contribution in [2.24, 2.45) is 0 Å². The molecule has 0 unspecified atom stereocenters. The molecule has 4 atom stereocenters. The standard InChI is InChI=1S/C37H38O10/c1-23-17-32-30(36(38)45-23)18-31-34(43-20-25-7-13-28(40-3)14-8-25)35(44-21-26-9-15-29(41-4)16-10-26)33(47-37(31)46-32)22-42-19-24-5-11-27(39-2)12-6-24/h5-18,33-35,37H,19-22H2,1-4H3/t33-,34-,35-,37-/m1/s1. The first-order chi connectivity index (χ1) is 22.9. The van der Waals surface area contributed by atoms with Crippen molar-refractivity contribution in [3.8, 4) is 23.0 Å². The van der Waals surface area contributed by atoms with Crippen molar-refractivity contribution >= 4 is 6.08 Å². The van der Waals surface area contributed by atoms with Crippen LogP contribution >= 0.6 is 0 Å². The molecular formula is C37H38O10. The fourth-order valence-electron chi connectivity index (χ4n) is 5.54. The Bertz CT molecular complexity index is 1710. The molecule has 2 aliphatic heterocycles. The minimum Gasteiger partial charge on any atom is -0.497 e. The average Bonchev–Trinajstić information content (AvgIpc) is 3.10. The van der Waals surface area contributed by atoms with E-state index in [1.165, 1.54) is 0 Å². The first-order valence-corrected chi connectivity index (χ1v) is 15.3. The highest BCUT2D eigenvalue weighted by atomic mass is 16.7. The van der Waals surface area contributed by atoms with Gasteiger partial charge in [0.2, 0.25) is 6.29 Å². The quantitative estimate of drug-likeness (QED) is 0.176. The van der Waals surface area contributed by atoms with Crippen LogP contribution in [-0.4, -0.2) is 52.5 Å². The lowest BCUT2D eigenvalue weighted by molar-refractivity contribution is -0.229. The van der Waals surface area contributed by atoms with Crippen molar-refractivity contribution in [1.82, 2.24) is 0 Å². The van der Waals surface area contributed by atoms with E-state index in [0.717, 1.165) is 33.9 Å². The summed E-state index contributed by atoms with van der Waals surface area (Å²) in [4.78, 5) is 12.9. The van der Waals surface area contributed by atoms with Crippen LogP contribution < -0.4 is 24.6 Å². The summed E-state index contributed by atoms with van der Waals surface area (Å²) in [6.07, 6.45) is -0.961. The summed E-state index contributed by atoms with van der Waals surface area (Å²) in [5, 5.41) is 0. The molecule has 6 rings (SSSR count). The van der Waals surface area contributed by atoms with Crippen LogP contribution in [-0.2, 0) is 38.8 Å². The van der Waals surface area contributed by atoms with E-state index in [1.54, 1.807) is 40.4 Å². The van der Waals surface area contributed by atoms with Gasteiger partial charge in [-0.25, -0.2) is 4.79 Å². The molecule has 0 spiro atoms. The number of aryl methyl sites for hydroxylation is 1. The van der Waals surface area contributed by atoms with Gasteiger partial charge < -0.3 is 42.3 Å². The van der Waals surface area contributed by atoms with Gasteiger partial charge in [0.25, 0.3) is 0 Å². The number of rotatable bonds is 13. The van der Waals surface area contributed by atoms with E-state index in [9.17, 15) is 4.79 Å². The van der Waals surface area contributed by atoms with Crippen LogP contribution in [0.1, 0.15) is 28.0 Å². The van der Waals surface area contributed by atoms with Gasteiger partial charge in [-0.2, -0.15) is 0 Å². The van der Waals surface area contributed by atoms with Gasteiger partial charge >= 0.3 is 5.63 Å². The molecule has 10 nitrogen and oxygen atoms in total. The zero-order valence-electron chi connectivity index (χ0n) is 26.8. The first-order valence-electron chi connectivity index (χ1n) is 15.3. The molecule has 0 bridgehead atoms. The highest BCUT2D eigenvalue weighted by Gasteiger charge is 2.47. The molecule has 3 aromatic carbocycles. The number of ether oxygens (including phenoxy) is 8. The SMILES string of the molecule is COc1ccc(COC[C@H]2O[C@H]3Oc4cc(C)oc(=O)c4C=C3[C@@H](OCc3ccc(OC)cc3)[C@@H]2OCc2ccc(OC)cc2)cc1. The molecule has 246 valence electrons. The lowest BCUT2D eigenvalue weighted by atomic mass is 9.92. The van der Waals surface area contributed by atoms with Crippen molar-refractivity contribution < 1.29 is 42.3 Å². The molecule has 0 aliphatic carbocycles. The number of benzene rings is 3. The molecule has 1 fully saturated rings. The van der Waals surface area contributed by atoms with E-state index in [1.807, 2.05) is 72.8 Å². The second kappa shape index (κ2) is 14.9. The summed E-state index contributed by atoms with van der Waals surface area (Å²) in [6, 6.07) is 24.7. The maximum absolute atomic E-state index is 12.9. The first kappa shape index (κ1) is 32.3. The monoisotopic (exact) mass is 642 g/mol. The van der Waals surface area contributed by atoms with Crippen LogP contribution in [0.15, 0.2) is 93.6 Å². The Morgan fingerprint density at radius 2 is 1.23 bits per heavy atom. The highest BCUT2D eigenvalue weighted by molar-refractivity contribution is 5.63. The van der Waals surface area contributed by atoms with Gasteiger partial charge in [-0.1, -0.05) is 36.4 Å². The minimum absolute atomic E-state index is 0.192. The van der Waals surface area contributed by atoms with Crippen LogP contribution in [0.4, 0.5) is 0 Å². The summed E-state index contributed by atoms with van der Waals surface area (Å²) in [7, 11) is 4.89. The molecule has 3 heterocycles. The number of hydrogen-bond donors (Lipinski definition) is 0. The molecule has 0 radical (unpaired) electrons. The summed E-state index contributed by atoms with van der Waals surface area (Å²) < 4.78 is 53.6. The number of hydrogen-bond acceptors (Lipinski definition) is 10. The molecule has 0 saturated carbocycles. The Morgan fingerprint density at radius 3 is 1.79 bits per heavy atom. The molecular weight excluding hydrogens is 604 g/mol. The zero-order valence-corrected chi connectivity index (χ0v) is 26.8. The Kier molecular flexibility index (Phi) is 10.2. The fraction of sp³-hybridized carbons (Fsp3) is 0.324. The summed E-state index contributed by atoms with van der Waals surface area (Å²) in [5.74, 6) is 3.09. The van der Waals surface area contributed by atoms with Crippen molar-refractivity contribution in [3.63, 3.8) is 0 Å². The number of methoxy groups -OCH3 is 3. The van der Waals surface area contributed by atoms with Crippen molar-refractivity contribution in [2.75, 3.05) is 27.9 Å². The maximum Gasteiger partial charge on any atom is 0.347 e. The van der Waals surface area contributed by atoms with Crippen molar-refractivity contribution in [1.29, 1.82) is 0 Å². The van der Waals surface area contributed by atoms with E-state index in [2.05, 4.69) is 0 Å². The second-order valence-corrected chi connectivity index (χ2v) is 11.3. The van der Waals surface area contributed by atoms with Crippen molar-refractivity contribution in [3.05, 3.63) is 123 Å². The molecule has 0 amide bonds. The van der Waals surface area contributed by atoms with E-state index in [0.29, 0.717) is 29.3 Å². The molecule has 1 aromatic heterocycles. The predicted molar refractivity (Wildman–Crippen MR) is 173 cm³/mol. The van der Waals surface area contributed by atoms with Crippen LogP contribution in [0.3, 0.4) is 0 Å². The third kappa shape index (κ3) is 7.69. The fourth-order valence-corrected chi connectivity index (χ4v) is 5.54. The lowest BCUT2D eigenvalue weighted by Crippen LogP contribution is -2.56. The molecule has 4 aromatic rings. The topological polar surface area (TPSA) is 104 Å². The minimum atomic E-state index is -0.833. The lowest BCUT2D eigenvalue weighted by Gasteiger charge is -2.44. The smallest absolute Gasteiger partial charge is 0.347 e. The highest BCUT2D eigenvalue weighted by Crippen LogP contribution is 2.38. The van der Waals surface area contributed by atoms with Gasteiger partial charge in [0, 0.05) is 11.6 Å². The molecule has 47 heavy (non-hydrogen) atoms. The Hall–Kier alpha value is -4.61. The van der Waals surface area contributed by atoms with E-state index >= 15 is 0 Å². The third-order valence-electron chi connectivity index (χ3n) is 8.08. The summed E-state index contributed by atoms with van der Waals surface area (Å²) >= 11 is 0. The van der Waals surface area contributed by atoms with Crippen LogP contribution in [0.2, 0.25) is 0 Å². The van der Waals surface area contributed by atoms with Gasteiger partial charge in [0.1, 0.15) is 52.6 Å². The largest absolute Gasteiger partial charge is 0.497 e. The van der Waals surface area contributed by atoms with Crippen LogP contribution in [0, 0.1) is 6.92 Å². The third-order valence-corrected chi connectivity index (χ3v) is 8.08. The van der Waals surface area contributed by atoms with Gasteiger partial charge in [0.15, 0.2) is 0 Å². The summed E-state index contributed by atoms with van der Waals surface area (Å²) in [6.45, 7) is 2.77. The molecule has 2 aliphatic rings. The summed E-state index contributed by atoms with van der Waals surface area (Å²) in [5.41, 5.74) is 3.27. The second-order valence-electron chi connectivity index (χ2n) is 11.3. The Labute approximate surface area is 273 Å². The van der Waals surface area contributed by atoms with E-state index < -0.39 is 30.2 Å². The average molecular weight is 643 g/mol. The Balaban J connectivity index is 1.30. The Morgan fingerprint density at radius 1 is 0.702 bits per heavy atom. The molecule has 0 N–H and O–H groups in total. The van der Waals surface area contributed by atoms with E-state index in [-0.39, 0.29) is 19.8 Å². The van der Waals surface area contributed by atoms with E-state index in [4.69, 9.17) is 42.3 Å². The van der Waals surface area contributed by atoms with Gasteiger partial charge in [-0.3, -0.25) is 0 Å². The van der Waals surface area contributed by atoms with Crippen LogP contribution in [0.5, 0.6) is 23.0 Å². The van der Waals surface area contributed by atoms with Gasteiger partial charge in [-0.15, -0.1) is 0 Å². The molecule has 10 heteroatoms. The predicted octanol–water partition coefficient (Wildman–Crippen LogP) is 5.86. The van der Waals surface area contributed by atoms with Gasteiger partial charge in [-0.05, 0) is 66.1 Å². The normalized spacial score (nSPS) is 20.0.